The van der Waals surface area contributed by atoms with E-state index in [-0.39, 0.29) is 6.10 Å². The fourth-order valence-electron chi connectivity index (χ4n) is 1.01. The van der Waals surface area contributed by atoms with Crippen LogP contribution >= 0.6 is 11.3 Å². The Hall–Kier alpha value is -0.450. The third-order valence-electron chi connectivity index (χ3n) is 1.71. The molecule has 3 nitrogen and oxygen atoms in total. The summed E-state index contributed by atoms with van der Waals surface area (Å²) >= 11 is 1.71. The van der Waals surface area contributed by atoms with Gasteiger partial charge in [0.1, 0.15) is 0 Å². The summed E-state index contributed by atoms with van der Waals surface area (Å²) in [7, 11) is 0. The topological polar surface area (TPSA) is 45.2 Å². The molecule has 74 valence electrons. The highest BCUT2D eigenvalue weighted by molar-refractivity contribution is 7.11. The number of hydrogen-bond acceptors (Lipinski definition) is 4. The van der Waals surface area contributed by atoms with E-state index in [1.54, 1.807) is 18.3 Å². The van der Waals surface area contributed by atoms with Gasteiger partial charge in [-0.3, -0.25) is 0 Å². The average Bonchev–Trinajstić information content (AvgIpc) is 2.45. The second-order valence-electron chi connectivity index (χ2n) is 3.16. The lowest BCUT2D eigenvalue weighted by atomic mass is 10.3. The Balaban J connectivity index is 2.13. The minimum Gasteiger partial charge on any atom is -0.393 e. The van der Waals surface area contributed by atoms with Crippen LogP contribution in [0.25, 0.3) is 0 Å². The van der Waals surface area contributed by atoms with Crippen LogP contribution in [0.2, 0.25) is 0 Å². The molecule has 1 heterocycles. The highest BCUT2D eigenvalue weighted by atomic mass is 32.1. The number of aliphatic hydroxyl groups excluding tert-OH is 1. The molecule has 0 amide bonds. The molecule has 13 heavy (non-hydrogen) atoms. The van der Waals surface area contributed by atoms with E-state index in [1.165, 1.54) is 4.88 Å². The van der Waals surface area contributed by atoms with Gasteiger partial charge in [-0.15, -0.1) is 11.3 Å². The predicted octanol–water partition coefficient (Wildman–Crippen LogP) is 1.31. The van der Waals surface area contributed by atoms with Crippen LogP contribution in [-0.4, -0.2) is 22.7 Å². The number of aliphatic hydroxyl groups is 1. The van der Waals surface area contributed by atoms with Crippen LogP contribution in [0.4, 0.5) is 0 Å². The second-order valence-corrected chi connectivity index (χ2v) is 4.48. The van der Waals surface area contributed by atoms with Crippen LogP contribution in [0, 0.1) is 6.92 Å². The quantitative estimate of drug-likeness (QED) is 0.704. The number of aryl methyl sites for hydroxylation is 1. The normalized spacial score (nSPS) is 13.2. The van der Waals surface area contributed by atoms with E-state index in [2.05, 4.69) is 10.3 Å². The zero-order valence-electron chi connectivity index (χ0n) is 8.08. The number of rotatable bonds is 5. The van der Waals surface area contributed by atoms with Gasteiger partial charge in [0.2, 0.25) is 0 Å². The van der Waals surface area contributed by atoms with Crippen LogP contribution in [-0.2, 0) is 6.54 Å². The molecular formula is C9H16N2OS. The molecule has 2 N–H and O–H groups in total. The Labute approximate surface area is 82.8 Å². The zero-order valence-corrected chi connectivity index (χ0v) is 8.90. The van der Waals surface area contributed by atoms with Crippen molar-refractivity contribution < 1.29 is 5.11 Å². The highest BCUT2D eigenvalue weighted by Gasteiger charge is 1.98. The van der Waals surface area contributed by atoms with Crippen molar-refractivity contribution in [2.24, 2.45) is 0 Å². The first-order chi connectivity index (χ1) is 6.18. The number of nitrogens with zero attached hydrogens (tertiary/aromatic N) is 1. The maximum absolute atomic E-state index is 9.00. The SMILES string of the molecule is Cc1ncc(CNCCC(C)O)s1. The summed E-state index contributed by atoms with van der Waals surface area (Å²) in [5.41, 5.74) is 0. The summed E-state index contributed by atoms with van der Waals surface area (Å²) < 4.78 is 0. The van der Waals surface area contributed by atoms with Gasteiger partial charge in [0.15, 0.2) is 0 Å². The van der Waals surface area contributed by atoms with E-state index in [0.29, 0.717) is 0 Å². The van der Waals surface area contributed by atoms with Gasteiger partial charge in [-0.2, -0.15) is 0 Å². The third kappa shape index (κ3) is 4.36. The van der Waals surface area contributed by atoms with Crippen molar-refractivity contribution in [3.8, 4) is 0 Å². The number of thiazole rings is 1. The first-order valence-electron chi connectivity index (χ1n) is 4.48. The summed E-state index contributed by atoms with van der Waals surface area (Å²) in [4.78, 5) is 5.41. The standard InChI is InChI=1S/C9H16N2OS/c1-7(12)3-4-10-5-9-6-11-8(2)13-9/h6-7,10,12H,3-5H2,1-2H3. The lowest BCUT2D eigenvalue weighted by Crippen LogP contribution is -2.17. The van der Waals surface area contributed by atoms with Crippen molar-refractivity contribution in [1.82, 2.24) is 10.3 Å². The van der Waals surface area contributed by atoms with E-state index >= 15 is 0 Å². The molecule has 0 aliphatic rings. The minimum absolute atomic E-state index is 0.212. The Morgan fingerprint density at radius 1 is 1.69 bits per heavy atom. The molecule has 0 bridgehead atoms. The van der Waals surface area contributed by atoms with Crippen molar-refractivity contribution in [2.45, 2.75) is 32.9 Å². The Kier molecular flexibility index (Phi) is 4.35. The Bertz CT molecular complexity index is 248. The smallest absolute Gasteiger partial charge is 0.0897 e. The van der Waals surface area contributed by atoms with Crippen LogP contribution in [0.1, 0.15) is 23.2 Å². The van der Waals surface area contributed by atoms with Crippen molar-refractivity contribution in [3.63, 3.8) is 0 Å². The summed E-state index contributed by atoms with van der Waals surface area (Å²) in [5.74, 6) is 0. The van der Waals surface area contributed by atoms with Gasteiger partial charge in [-0.25, -0.2) is 4.98 Å². The summed E-state index contributed by atoms with van der Waals surface area (Å²) in [6.07, 6.45) is 2.49. The van der Waals surface area contributed by atoms with E-state index in [9.17, 15) is 0 Å². The molecule has 1 aromatic heterocycles. The van der Waals surface area contributed by atoms with E-state index in [1.807, 2.05) is 13.1 Å². The van der Waals surface area contributed by atoms with Crippen molar-refractivity contribution in [3.05, 3.63) is 16.1 Å². The number of hydrogen-bond donors (Lipinski definition) is 2. The zero-order chi connectivity index (χ0) is 9.68. The molecule has 0 saturated heterocycles. The molecule has 1 rings (SSSR count). The maximum atomic E-state index is 9.00. The summed E-state index contributed by atoms with van der Waals surface area (Å²) in [6, 6.07) is 0. The Morgan fingerprint density at radius 3 is 3.00 bits per heavy atom. The number of aromatic nitrogens is 1. The molecule has 1 aromatic rings. The van der Waals surface area contributed by atoms with Gasteiger partial charge in [-0.05, 0) is 26.8 Å². The lowest BCUT2D eigenvalue weighted by molar-refractivity contribution is 0.183. The molecule has 1 atom stereocenters. The van der Waals surface area contributed by atoms with Crippen molar-refractivity contribution in [2.75, 3.05) is 6.54 Å². The minimum atomic E-state index is -0.212. The molecular weight excluding hydrogens is 184 g/mol. The molecule has 0 saturated carbocycles. The van der Waals surface area contributed by atoms with Gasteiger partial charge >= 0.3 is 0 Å². The predicted molar refractivity (Wildman–Crippen MR) is 54.9 cm³/mol. The molecule has 0 aromatic carbocycles. The van der Waals surface area contributed by atoms with Gasteiger partial charge in [-0.1, -0.05) is 0 Å². The van der Waals surface area contributed by atoms with Gasteiger partial charge < -0.3 is 10.4 Å². The molecule has 0 fully saturated rings. The van der Waals surface area contributed by atoms with Gasteiger partial charge in [0.25, 0.3) is 0 Å². The van der Waals surface area contributed by atoms with Crippen LogP contribution in [0.5, 0.6) is 0 Å². The molecule has 0 spiro atoms. The lowest BCUT2D eigenvalue weighted by Gasteiger charge is -2.04. The van der Waals surface area contributed by atoms with E-state index < -0.39 is 0 Å². The van der Waals surface area contributed by atoms with Crippen LogP contribution in [0.15, 0.2) is 6.20 Å². The molecule has 0 radical (unpaired) electrons. The summed E-state index contributed by atoms with van der Waals surface area (Å²) in [5, 5.41) is 13.4. The fourth-order valence-corrected chi connectivity index (χ4v) is 1.77. The monoisotopic (exact) mass is 200 g/mol. The van der Waals surface area contributed by atoms with Crippen molar-refractivity contribution in [1.29, 1.82) is 0 Å². The molecule has 0 aliphatic carbocycles. The first kappa shape index (κ1) is 10.6. The largest absolute Gasteiger partial charge is 0.393 e. The van der Waals surface area contributed by atoms with Crippen LogP contribution in [0.3, 0.4) is 0 Å². The number of nitrogens with one attached hydrogen (secondary N) is 1. The second kappa shape index (κ2) is 5.32. The van der Waals surface area contributed by atoms with E-state index in [4.69, 9.17) is 5.11 Å². The van der Waals surface area contributed by atoms with Gasteiger partial charge in [0.05, 0.1) is 11.1 Å². The van der Waals surface area contributed by atoms with E-state index in [0.717, 1.165) is 24.5 Å². The molecule has 0 aliphatic heterocycles. The third-order valence-corrected chi connectivity index (χ3v) is 2.62. The molecule has 4 heteroatoms. The Morgan fingerprint density at radius 2 is 2.46 bits per heavy atom. The maximum Gasteiger partial charge on any atom is 0.0897 e. The average molecular weight is 200 g/mol. The first-order valence-corrected chi connectivity index (χ1v) is 5.30. The highest BCUT2D eigenvalue weighted by Crippen LogP contribution is 2.10. The van der Waals surface area contributed by atoms with Gasteiger partial charge in [0, 0.05) is 17.6 Å². The van der Waals surface area contributed by atoms with Crippen LogP contribution < -0.4 is 5.32 Å². The van der Waals surface area contributed by atoms with Crippen molar-refractivity contribution >= 4 is 11.3 Å². The summed E-state index contributed by atoms with van der Waals surface area (Å²) in [6.45, 7) is 5.52. The fraction of sp³-hybridized carbons (Fsp3) is 0.667. The molecule has 1 unspecified atom stereocenters.